The van der Waals surface area contributed by atoms with Crippen LogP contribution < -0.4 is 5.32 Å². The molecule has 17 heavy (non-hydrogen) atoms. The van der Waals surface area contributed by atoms with Crippen molar-refractivity contribution in [2.24, 2.45) is 7.05 Å². The first kappa shape index (κ1) is 11.9. The number of rotatable bonds is 5. The van der Waals surface area contributed by atoms with Crippen molar-refractivity contribution in [1.82, 2.24) is 15.0 Å². The summed E-state index contributed by atoms with van der Waals surface area (Å²) in [5.41, 5.74) is 3.26. The van der Waals surface area contributed by atoms with Crippen LogP contribution in [0, 0.1) is 0 Å². The van der Waals surface area contributed by atoms with Gasteiger partial charge < -0.3 is 5.32 Å². The van der Waals surface area contributed by atoms with E-state index in [0.29, 0.717) is 12.4 Å². The molecule has 0 unspecified atom stereocenters. The van der Waals surface area contributed by atoms with E-state index < -0.39 is 0 Å². The molecule has 90 valence electrons. The van der Waals surface area contributed by atoms with Gasteiger partial charge in [0.25, 0.3) is 0 Å². The maximum atomic E-state index is 5.69. The quantitative estimate of drug-likeness (QED) is 0.828. The summed E-state index contributed by atoms with van der Waals surface area (Å²) in [5.74, 6) is 0.659. The number of aromatic nitrogens is 3. The summed E-state index contributed by atoms with van der Waals surface area (Å²) in [5, 5.41) is 11.2. The van der Waals surface area contributed by atoms with Crippen LogP contribution in [0.2, 0.25) is 0 Å². The van der Waals surface area contributed by atoms with Crippen LogP contribution in [0.5, 0.6) is 0 Å². The Kier molecular flexibility index (Phi) is 3.98. The first-order valence-electron chi connectivity index (χ1n) is 5.52. The van der Waals surface area contributed by atoms with Crippen molar-refractivity contribution >= 4 is 17.3 Å². The number of anilines is 1. The molecule has 4 nitrogen and oxygen atoms in total. The molecule has 0 atom stereocenters. The summed E-state index contributed by atoms with van der Waals surface area (Å²) in [6.45, 7) is 0.683. The lowest BCUT2D eigenvalue weighted by atomic mass is 10.1. The Morgan fingerprint density at radius 1 is 1.29 bits per heavy atom. The molecule has 0 amide bonds. The third-order valence-electron chi connectivity index (χ3n) is 2.46. The zero-order valence-electron chi connectivity index (χ0n) is 9.73. The predicted octanol–water partition coefficient (Wildman–Crippen LogP) is 2.21. The molecule has 0 saturated heterocycles. The first-order valence-corrected chi connectivity index (χ1v) is 6.05. The maximum absolute atomic E-state index is 5.69. The molecule has 0 aliphatic heterocycles. The Morgan fingerprint density at radius 3 is 2.65 bits per heavy atom. The largest absolute Gasteiger partial charge is 0.379 e. The SMILES string of the molecule is Cn1cc(CNc2ccc(CCCl)cc2)nn1. The molecule has 0 aliphatic rings. The van der Waals surface area contributed by atoms with E-state index in [4.69, 9.17) is 11.6 Å². The fourth-order valence-corrected chi connectivity index (χ4v) is 1.79. The number of benzene rings is 1. The molecule has 0 fully saturated rings. The van der Waals surface area contributed by atoms with Gasteiger partial charge in [0.2, 0.25) is 0 Å². The van der Waals surface area contributed by atoms with E-state index in [9.17, 15) is 0 Å². The van der Waals surface area contributed by atoms with Crippen molar-refractivity contribution in [3.05, 3.63) is 41.7 Å². The highest BCUT2D eigenvalue weighted by Gasteiger charge is 1.98. The van der Waals surface area contributed by atoms with Crippen LogP contribution in [0.25, 0.3) is 0 Å². The van der Waals surface area contributed by atoms with Gasteiger partial charge in [0, 0.05) is 24.8 Å². The molecule has 1 N–H and O–H groups in total. The molecule has 1 aromatic carbocycles. The van der Waals surface area contributed by atoms with Gasteiger partial charge in [0.1, 0.15) is 5.69 Å². The molecule has 1 aromatic heterocycles. The van der Waals surface area contributed by atoms with Crippen molar-refractivity contribution < 1.29 is 0 Å². The van der Waals surface area contributed by atoms with Crippen LogP contribution >= 0.6 is 11.6 Å². The molecule has 2 aromatic rings. The summed E-state index contributed by atoms with van der Waals surface area (Å²) in [6.07, 6.45) is 2.81. The Morgan fingerprint density at radius 2 is 2.06 bits per heavy atom. The predicted molar refractivity (Wildman–Crippen MR) is 69.2 cm³/mol. The fraction of sp³-hybridized carbons (Fsp3) is 0.333. The smallest absolute Gasteiger partial charge is 0.102 e. The number of halogens is 1. The van der Waals surface area contributed by atoms with Crippen molar-refractivity contribution in [3.63, 3.8) is 0 Å². The molecular weight excluding hydrogens is 236 g/mol. The van der Waals surface area contributed by atoms with Gasteiger partial charge in [-0.25, -0.2) is 0 Å². The highest BCUT2D eigenvalue weighted by Crippen LogP contribution is 2.11. The Labute approximate surface area is 106 Å². The monoisotopic (exact) mass is 250 g/mol. The summed E-state index contributed by atoms with van der Waals surface area (Å²) in [7, 11) is 1.86. The van der Waals surface area contributed by atoms with Gasteiger partial charge in [-0.3, -0.25) is 4.68 Å². The summed E-state index contributed by atoms with van der Waals surface area (Å²) in [6, 6.07) is 8.28. The second-order valence-electron chi connectivity index (χ2n) is 3.87. The molecule has 0 saturated carbocycles. The van der Waals surface area contributed by atoms with Gasteiger partial charge in [-0.1, -0.05) is 17.3 Å². The lowest BCUT2D eigenvalue weighted by Crippen LogP contribution is -1.99. The van der Waals surface area contributed by atoms with Crippen molar-refractivity contribution in [2.45, 2.75) is 13.0 Å². The highest BCUT2D eigenvalue weighted by atomic mass is 35.5. The molecular formula is C12H15ClN4. The molecule has 0 bridgehead atoms. The van der Waals surface area contributed by atoms with Gasteiger partial charge in [-0.05, 0) is 24.1 Å². The Balaban J connectivity index is 1.90. The van der Waals surface area contributed by atoms with Crippen LogP contribution in [0.3, 0.4) is 0 Å². The first-order chi connectivity index (χ1) is 8.28. The van der Waals surface area contributed by atoms with Gasteiger partial charge >= 0.3 is 0 Å². The molecule has 5 heteroatoms. The standard InChI is InChI=1S/C12H15ClN4/c1-17-9-12(15-16-17)8-14-11-4-2-10(3-5-11)6-7-13/h2-5,9,14H,6-8H2,1H3. The summed E-state index contributed by atoms with van der Waals surface area (Å²) >= 11 is 5.69. The Hall–Kier alpha value is -1.55. The van der Waals surface area contributed by atoms with E-state index in [-0.39, 0.29) is 0 Å². The van der Waals surface area contributed by atoms with E-state index in [2.05, 4.69) is 39.9 Å². The number of hydrogen-bond donors (Lipinski definition) is 1. The molecule has 0 spiro atoms. The molecule has 1 heterocycles. The van der Waals surface area contributed by atoms with Crippen LogP contribution in [0.4, 0.5) is 5.69 Å². The zero-order chi connectivity index (χ0) is 12.1. The number of nitrogens with one attached hydrogen (secondary N) is 1. The maximum Gasteiger partial charge on any atom is 0.102 e. The van der Waals surface area contributed by atoms with E-state index in [1.54, 1.807) is 4.68 Å². The number of hydrogen-bond acceptors (Lipinski definition) is 3. The van der Waals surface area contributed by atoms with Gasteiger partial charge in [0.05, 0.1) is 6.54 Å². The second-order valence-corrected chi connectivity index (χ2v) is 4.25. The van der Waals surface area contributed by atoms with Crippen LogP contribution in [-0.4, -0.2) is 20.9 Å². The van der Waals surface area contributed by atoms with Gasteiger partial charge in [0.15, 0.2) is 0 Å². The average molecular weight is 251 g/mol. The third-order valence-corrected chi connectivity index (χ3v) is 2.65. The van der Waals surface area contributed by atoms with Crippen molar-refractivity contribution in [3.8, 4) is 0 Å². The normalized spacial score (nSPS) is 10.5. The lowest BCUT2D eigenvalue weighted by Gasteiger charge is -2.05. The van der Waals surface area contributed by atoms with E-state index >= 15 is 0 Å². The average Bonchev–Trinajstić information content (AvgIpc) is 2.75. The minimum absolute atomic E-state index is 0.659. The molecule has 0 radical (unpaired) electrons. The minimum atomic E-state index is 0.659. The van der Waals surface area contributed by atoms with Gasteiger partial charge in [-0.15, -0.1) is 16.7 Å². The molecule has 0 aliphatic carbocycles. The van der Waals surface area contributed by atoms with E-state index in [1.165, 1.54) is 5.56 Å². The van der Waals surface area contributed by atoms with Crippen LogP contribution in [-0.2, 0) is 20.0 Å². The Bertz CT molecular complexity index is 464. The second kappa shape index (κ2) is 5.68. The fourth-order valence-electron chi connectivity index (χ4n) is 1.57. The number of nitrogens with zero attached hydrogens (tertiary/aromatic N) is 3. The topological polar surface area (TPSA) is 42.7 Å². The van der Waals surface area contributed by atoms with Crippen LogP contribution in [0.1, 0.15) is 11.3 Å². The number of aryl methyl sites for hydroxylation is 2. The van der Waals surface area contributed by atoms with Crippen molar-refractivity contribution in [1.29, 1.82) is 0 Å². The third kappa shape index (κ3) is 3.46. The highest BCUT2D eigenvalue weighted by molar-refractivity contribution is 6.17. The summed E-state index contributed by atoms with van der Waals surface area (Å²) < 4.78 is 1.70. The minimum Gasteiger partial charge on any atom is -0.379 e. The summed E-state index contributed by atoms with van der Waals surface area (Å²) in [4.78, 5) is 0. The zero-order valence-corrected chi connectivity index (χ0v) is 10.5. The van der Waals surface area contributed by atoms with Crippen molar-refractivity contribution in [2.75, 3.05) is 11.2 Å². The van der Waals surface area contributed by atoms with E-state index in [0.717, 1.165) is 17.8 Å². The lowest BCUT2D eigenvalue weighted by molar-refractivity contribution is 0.713. The number of alkyl halides is 1. The van der Waals surface area contributed by atoms with E-state index in [1.807, 2.05) is 13.2 Å². The van der Waals surface area contributed by atoms with Crippen LogP contribution in [0.15, 0.2) is 30.5 Å². The molecule has 2 rings (SSSR count). The van der Waals surface area contributed by atoms with Gasteiger partial charge in [-0.2, -0.15) is 0 Å².